The van der Waals surface area contributed by atoms with Gasteiger partial charge in [0.05, 0.1) is 11.1 Å². The van der Waals surface area contributed by atoms with Crippen LogP contribution in [0.5, 0.6) is 0 Å². The highest BCUT2D eigenvalue weighted by Gasteiger charge is 2.11. The van der Waals surface area contributed by atoms with Gasteiger partial charge < -0.3 is 9.47 Å². The average molecular weight is 384 g/mol. The molecule has 1 aromatic carbocycles. The first-order chi connectivity index (χ1) is 10.8. The van der Waals surface area contributed by atoms with Gasteiger partial charge in [0.25, 0.3) is 0 Å². The second-order valence-electron chi connectivity index (χ2n) is 5.79. The number of hydrogen-bond acceptors (Lipinski definition) is 3. The number of aliphatic imine (C=N–C) groups is 1. The zero-order chi connectivity index (χ0) is 17.5. The fourth-order valence-electron chi connectivity index (χ4n) is 1.66. The van der Waals surface area contributed by atoms with Crippen molar-refractivity contribution in [2.45, 2.75) is 46.4 Å². The smallest absolute Gasteiger partial charge is 0.222 e. The van der Waals surface area contributed by atoms with Gasteiger partial charge in [-0.1, -0.05) is 21.9 Å². The van der Waals surface area contributed by atoms with E-state index in [0.29, 0.717) is 23.2 Å². The van der Waals surface area contributed by atoms with Gasteiger partial charge in [-0.3, -0.25) is 4.99 Å². The van der Waals surface area contributed by atoms with E-state index < -0.39 is 12.1 Å². The highest BCUT2D eigenvalue weighted by atomic mass is 79.9. The van der Waals surface area contributed by atoms with Crippen LogP contribution in [-0.2, 0) is 9.47 Å². The van der Waals surface area contributed by atoms with Crippen LogP contribution in [0.3, 0.4) is 0 Å². The summed E-state index contributed by atoms with van der Waals surface area (Å²) in [5.74, 6) is 5.24. The summed E-state index contributed by atoms with van der Waals surface area (Å²) in [6.07, 6.45) is 0.981. The van der Waals surface area contributed by atoms with Crippen molar-refractivity contribution < 1.29 is 13.9 Å². The standard InChI is InChI=1S/C18H23BrFNO2/c1-6-22-17(23-7-2)9-8-15-13(12-21-18(3,4)5)10-14(19)11-16(15)20/h10-12,17H,6-7H2,1-5H3. The zero-order valence-corrected chi connectivity index (χ0v) is 15.8. The van der Waals surface area contributed by atoms with Crippen molar-refractivity contribution in [3.05, 3.63) is 33.5 Å². The Hall–Kier alpha value is -1.22. The summed E-state index contributed by atoms with van der Waals surface area (Å²) < 4.78 is 25.6. The normalized spacial score (nSPS) is 11.8. The third-order valence-corrected chi connectivity index (χ3v) is 3.09. The average Bonchev–Trinajstić information content (AvgIpc) is 2.43. The predicted molar refractivity (Wildman–Crippen MR) is 95.4 cm³/mol. The number of hydrogen-bond donors (Lipinski definition) is 0. The van der Waals surface area contributed by atoms with Crippen molar-refractivity contribution in [1.82, 2.24) is 0 Å². The third kappa shape index (κ3) is 7.26. The summed E-state index contributed by atoms with van der Waals surface area (Å²) in [6.45, 7) is 10.6. The van der Waals surface area contributed by atoms with E-state index in [-0.39, 0.29) is 11.1 Å². The van der Waals surface area contributed by atoms with Gasteiger partial charge in [0.15, 0.2) is 0 Å². The van der Waals surface area contributed by atoms with Gasteiger partial charge in [-0.25, -0.2) is 4.39 Å². The number of benzene rings is 1. The molecule has 0 aliphatic carbocycles. The molecule has 0 bridgehead atoms. The summed E-state index contributed by atoms with van der Waals surface area (Å²) in [6, 6.07) is 3.17. The fraction of sp³-hybridized carbons (Fsp3) is 0.500. The Labute approximate surface area is 146 Å². The highest BCUT2D eigenvalue weighted by molar-refractivity contribution is 9.10. The molecule has 0 saturated carbocycles. The molecule has 0 atom stereocenters. The summed E-state index contributed by atoms with van der Waals surface area (Å²) in [4.78, 5) is 4.43. The monoisotopic (exact) mass is 383 g/mol. The minimum absolute atomic E-state index is 0.247. The molecule has 126 valence electrons. The number of halogens is 2. The number of ether oxygens (including phenoxy) is 2. The maximum atomic E-state index is 14.3. The minimum atomic E-state index is -0.666. The Morgan fingerprint density at radius 3 is 2.39 bits per heavy atom. The number of rotatable bonds is 5. The molecule has 0 spiro atoms. The van der Waals surface area contributed by atoms with E-state index in [0.717, 1.165) is 0 Å². The highest BCUT2D eigenvalue weighted by Crippen LogP contribution is 2.20. The molecule has 0 radical (unpaired) electrons. The van der Waals surface area contributed by atoms with E-state index in [4.69, 9.17) is 9.47 Å². The van der Waals surface area contributed by atoms with Crippen LogP contribution in [0.4, 0.5) is 4.39 Å². The minimum Gasteiger partial charge on any atom is -0.342 e. The van der Waals surface area contributed by atoms with E-state index in [1.54, 1.807) is 12.3 Å². The molecular weight excluding hydrogens is 361 g/mol. The van der Waals surface area contributed by atoms with Gasteiger partial charge in [0, 0.05) is 29.5 Å². The zero-order valence-electron chi connectivity index (χ0n) is 14.2. The van der Waals surface area contributed by atoms with Crippen LogP contribution < -0.4 is 0 Å². The van der Waals surface area contributed by atoms with E-state index >= 15 is 0 Å². The molecule has 0 amide bonds. The van der Waals surface area contributed by atoms with E-state index in [1.165, 1.54) is 6.07 Å². The van der Waals surface area contributed by atoms with Crippen molar-refractivity contribution >= 4 is 22.1 Å². The van der Waals surface area contributed by atoms with Crippen molar-refractivity contribution in [2.24, 2.45) is 4.99 Å². The van der Waals surface area contributed by atoms with Gasteiger partial charge in [-0.15, -0.1) is 0 Å². The van der Waals surface area contributed by atoms with Crippen molar-refractivity contribution in [1.29, 1.82) is 0 Å². The van der Waals surface area contributed by atoms with Crippen molar-refractivity contribution in [2.75, 3.05) is 13.2 Å². The first kappa shape index (κ1) is 19.8. The van der Waals surface area contributed by atoms with Gasteiger partial charge in [-0.05, 0) is 52.7 Å². The Bertz CT molecular complexity index is 606. The van der Waals surface area contributed by atoms with Gasteiger partial charge >= 0.3 is 0 Å². The van der Waals surface area contributed by atoms with Crippen molar-refractivity contribution in [3.8, 4) is 11.8 Å². The van der Waals surface area contributed by atoms with Gasteiger partial charge in [0.1, 0.15) is 5.82 Å². The molecule has 0 aliphatic rings. The Morgan fingerprint density at radius 2 is 1.87 bits per heavy atom. The summed E-state index contributed by atoms with van der Waals surface area (Å²) in [5.41, 5.74) is 0.652. The molecular formula is C18H23BrFNO2. The first-order valence-electron chi connectivity index (χ1n) is 7.55. The largest absolute Gasteiger partial charge is 0.342 e. The lowest BCUT2D eigenvalue weighted by Crippen LogP contribution is -2.15. The second kappa shape index (κ2) is 9.17. The van der Waals surface area contributed by atoms with E-state index in [1.807, 2.05) is 34.6 Å². The third-order valence-electron chi connectivity index (χ3n) is 2.63. The molecule has 1 rings (SSSR count). The van der Waals surface area contributed by atoms with Crippen molar-refractivity contribution in [3.63, 3.8) is 0 Å². The van der Waals surface area contributed by atoms with Gasteiger partial charge in [0.2, 0.25) is 6.29 Å². The Balaban J connectivity index is 3.22. The molecule has 0 heterocycles. The molecule has 0 saturated heterocycles. The predicted octanol–water partition coefficient (Wildman–Crippen LogP) is 4.56. The van der Waals surface area contributed by atoms with Gasteiger partial charge in [-0.2, -0.15) is 0 Å². The molecule has 0 N–H and O–H groups in total. The lowest BCUT2D eigenvalue weighted by atomic mass is 10.1. The maximum Gasteiger partial charge on any atom is 0.222 e. The SMILES string of the molecule is CCOC(C#Cc1c(F)cc(Br)cc1C=NC(C)(C)C)OCC. The van der Waals surface area contributed by atoms with E-state index in [2.05, 4.69) is 32.8 Å². The van der Waals surface area contributed by atoms with Crippen LogP contribution in [-0.4, -0.2) is 31.3 Å². The molecule has 3 nitrogen and oxygen atoms in total. The Kier molecular flexibility index (Phi) is 7.90. The first-order valence-corrected chi connectivity index (χ1v) is 8.35. The summed E-state index contributed by atoms with van der Waals surface area (Å²) in [5, 5.41) is 0. The van der Waals surface area contributed by atoms with Crippen LogP contribution in [0, 0.1) is 17.7 Å². The molecule has 0 aliphatic heterocycles. The molecule has 23 heavy (non-hydrogen) atoms. The maximum absolute atomic E-state index is 14.3. The molecule has 1 aromatic rings. The lowest BCUT2D eigenvalue weighted by Gasteiger charge is -2.12. The topological polar surface area (TPSA) is 30.8 Å². The van der Waals surface area contributed by atoms with E-state index in [9.17, 15) is 4.39 Å². The second-order valence-corrected chi connectivity index (χ2v) is 6.71. The molecule has 0 unspecified atom stereocenters. The fourth-order valence-corrected chi connectivity index (χ4v) is 2.10. The quantitative estimate of drug-likeness (QED) is 0.424. The summed E-state index contributed by atoms with van der Waals surface area (Å²) >= 11 is 3.30. The Morgan fingerprint density at radius 1 is 1.26 bits per heavy atom. The van der Waals surface area contributed by atoms with Crippen LogP contribution in [0.15, 0.2) is 21.6 Å². The van der Waals surface area contributed by atoms with Crippen LogP contribution in [0.25, 0.3) is 0 Å². The molecule has 0 fully saturated rings. The molecule has 5 heteroatoms. The molecule has 0 aromatic heterocycles. The summed E-state index contributed by atoms with van der Waals surface area (Å²) in [7, 11) is 0. The van der Waals surface area contributed by atoms with Crippen LogP contribution in [0.1, 0.15) is 45.7 Å². The van der Waals surface area contributed by atoms with Crippen LogP contribution >= 0.6 is 15.9 Å². The lowest BCUT2D eigenvalue weighted by molar-refractivity contribution is -0.0969. The van der Waals surface area contributed by atoms with Crippen LogP contribution in [0.2, 0.25) is 0 Å². The number of nitrogens with zero attached hydrogens (tertiary/aromatic N) is 1.